The third-order valence-electron chi connectivity index (χ3n) is 5.53. The molecule has 0 unspecified atom stereocenters. The first-order chi connectivity index (χ1) is 14.1. The lowest BCUT2D eigenvalue weighted by Gasteiger charge is -2.36. The van der Waals surface area contributed by atoms with Gasteiger partial charge in [0.1, 0.15) is 0 Å². The van der Waals surface area contributed by atoms with Crippen LogP contribution in [0.3, 0.4) is 0 Å². The fraction of sp³-hybridized carbons (Fsp3) is 0.476. The van der Waals surface area contributed by atoms with Crippen LogP contribution in [0.4, 0.5) is 5.69 Å². The van der Waals surface area contributed by atoms with E-state index in [2.05, 4.69) is 39.1 Å². The van der Waals surface area contributed by atoms with Gasteiger partial charge in [0, 0.05) is 62.8 Å². The van der Waals surface area contributed by atoms with Crippen LogP contribution in [0.5, 0.6) is 0 Å². The molecule has 0 bridgehead atoms. The average molecular weight is 416 g/mol. The van der Waals surface area contributed by atoms with Crippen molar-refractivity contribution in [2.24, 2.45) is 0 Å². The van der Waals surface area contributed by atoms with Crippen molar-refractivity contribution in [3.05, 3.63) is 47.1 Å². The van der Waals surface area contributed by atoms with Crippen LogP contribution in [0.2, 0.25) is 5.02 Å². The summed E-state index contributed by atoms with van der Waals surface area (Å²) in [4.78, 5) is 23.5. The molecular weight excluding hydrogens is 390 g/mol. The molecule has 0 N–H and O–H groups in total. The second-order valence-electron chi connectivity index (χ2n) is 7.60. The molecule has 154 valence electrons. The summed E-state index contributed by atoms with van der Waals surface area (Å²) in [6.07, 6.45) is 3.93. The maximum atomic E-state index is 12.6. The van der Waals surface area contributed by atoms with Gasteiger partial charge in [-0.05, 0) is 37.2 Å². The zero-order chi connectivity index (χ0) is 20.2. The number of nitrogens with zero attached hydrogens (tertiary/aromatic N) is 5. The molecule has 2 aromatic rings. The molecule has 2 aliphatic heterocycles. The molecule has 0 radical (unpaired) electrons. The Morgan fingerprint density at radius 3 is 2.76 bits per heavy atom. The zero-order valence-electron chi connectivity index (χ0n) is 16.7. The van der Waals surface area contributed by atoms with Gasteiger partial charge in [0.25, 0.3) is 0 Å². The van der Waals surface area contributed by atoms with Crippen molar-refractivity contribution in [2.75, 3.05) is 51.2 Å². The van der Waals surface area contributed by atoms with Gasteiger partial charge in [0.15, 0.2) is 5.82 Å². The van der Waals surface area contributed by atoms with E-state index in [0.29, 0.717) is 37.6 Å². The zero-order valence-corrected chi connectivity index (χ0v) is 17.4. The van der Waals surface area contributed by atoms with E-state index in [4.69, 9.17) is 16.1 Å². The van der Waals surface area contributed by atoms with Crippen LogP contribution in [0.1, 0.15) is 24.6 Å². The van der Waals surface area contributed by atoms with Crippen molar-refractivity contribution < 1.29 is 9.32 Å². The number of benzene rings is 1. The molecule has 8 heteroatoms. The van der Waals surface area contributed by atoms with Gasteiger partial charge in [-0.15, -0.1) is 0 Å². The van der Waals surface area contributed by atoms with E-state index in [1.165, 1.54) is 0 Å². The average Bonchev–Trinajstić information content (AvgIpc) is 3.22. The number of anilines is 1. The molecule has 0 aliphatic carbocycles. The van der Waals surface area contributed by atoms with Crippen molar-refractivity contribution >= 4 is 28.8 Å². The number of hydrogen-bond donors (Lipinski definition) is 0. The molecule has 7 nitrogen and oxygen atoms in total. The highest BCUT2D eigenvalue weighted by Crippen LogP contribution is 2.22. The number of piperazine rings is 1. The molecule has 1 aromatic carbocycles. The van der Waals surface area contributed by atoms with Gasteiger partial charge in [-0.2, -0.15) is 4.98 Å². The Labute approximate surface area is 175 Å². The van der Waals surface area contributed by atoms with E-state index in [9.17, 15) is 4.79 Å². The lowest BCUT2D eigenvalue weighted by Crippen LogP contribution is -2.48. The second kappa shape index (κ2) is 8.97. The predicted molar refractivity (Wildman–Crippen MR) is 113 cm³/mol. The van der Waals surface area contributed by atoms with Gasteiger partial charge in [0.05, 0.1) is 0 Å². The molecular formula is C21H26ClN5O2. The summed E-state index contributed by atoms with van der Waals surface area (Å²) in [5, 5.41) is 4.82. The first kappa shape index (κ1) is 19.9. The van der Waals surface area contributed by atoms with Crippen LogP contribution in [-0.2, 0) is 11.2 Å². The Balaban J connectivity index is 1.26. The monoisotopic (exact) mass is 415 g/mol. The van der Waals surface area contributed by atoms with E-state index in [-0.39, 0.29) is 5.91 Å². The number of carbonyl (C=O) groups excluding carboxylic acids is 1. The van der Waals surface area contributed by atoms with Crippen LogP contribution < -0.4 is 4.90 Å². The van der Waals surface area contributed by atoms with E-state index < -0.39 is 0 Å². The minimum Gasteiger partial charge on any atom is -0.368 e. The Hall–Kier alpha value is -2.38. The van der Waals surface area contributed by atoms with Crippen LogP contribution in [0.15, 0.2) is 34.9 Å². The fourth-order valence-corrected chi connectivity index (χ4v) is 3.90. The lowest BCUT2D eigenvalue weighted by molar-refractivity contribution is -0.131. The molecule has 1 fully saturated rings. The molecule has 2 aliphatic rings. The molecule has 1 amide bonds. The standard InChI is InChI=1S/C21H26ClN5O2/c1-25-9-7-16(8-10-25)21-23-19(29-24-21)5-6-20(28)27-13-11-26(12-14-27)18-4-2-3-17(22)15-18/h2-4,7,15H,5-6,8-14H2,1H3. The highest BCUT2D eigenvalue weighted by Gasteiger charge is 2.22. The van der Waals surface area contributed by atoms with Crippen molar-refractivity contribution in [2.45, 2.75) is 19.3 Å². The summed E-state index contributed by atoms with van der Waals surface area (Å²) in [6.45, 7) is 4.93. The number of aryl methyl sites for hydroxylation is 1. The normalized spacial score (nSPS) is 18.1. The van der Waals surface area contributed by atoms with Gasteiger partial charge in [-0.25, -0.2) is 0 Å². The Morgan fingerprint density at radius 2 is 2.03 bits per heavy atom. The highest BCUT2D eigenvalue weighted by atomic mass is 35.5. The third-order valence-corrected chi connectivity index (χ3v) is 5.76. The molecule has 29 heavy (non-hydrogen) atoms. The minimum atomic E-state index is 0.133. The summed E-state index contributed by atoms with van der Waals surface area (Å²) < 4.78 is 5.36. The smallest absolute Gasteiger partial charge is 0.227 e. The Kier molecular flexibility index (Phi) is 6.16. The van der Waals surface area contributed by atoms with Crippen molar-refractivity contribution in [3.8, 4) is 0 Å². The summed E-state index contributed by atoms with van der Waals surface area (Å²) in [6, 6.07) is 7.84. The van der Waals surface area contributed by atoms with Crippen LogP contribution in [0, 0.1) is 0 Å². The number of hydrogen-bond acceptors (Lipinski definition) is 6. The van der Waals surface area contributed by atoms with Crippen LogP contribution >= 0.6 is 11.6 Å². The van der Waals surface area contributed by atoms with Crippen molar-refractivity contribution in [3.63, 3.8) is 0 Å². The van der Waals surface area contributed by atoms with E-state index >= 15 is 0 Å². The van der Waals surface area contributed by atoms with Gasteiger partial charge in [0.2, 0.25) is 11.8 Å². The summed E-state index contributed by atoms with van der Waals surface area (Å²) >= 11 is 6.08. The Bertz CT molecular complexity index is 889. The van der Waals surface area contributed by atoms with Crippen molar-refractivity contribution in [1.29, 1.82) is 0 Å². The molecule has 0 saturated carbocycles. The lowest BCUT2D eigenvalue weighted by atomic mass is 10.1. The van der Waals surface area contributed by atoms with Crippen LogP contribution in [-0.4, -0.2) is 72.2 Å². The van der Waals surface area contributed by atoms with Crippen molar-refractivity contribution in [1.82, 2.24) is 19.9 Å². The minimum absolute atomic E-state index is 0.133. The first-order valence-corrected chi connectivity index (χ1v) is 10.4. The number of carbonyl (C=O) groups is 1. The molecule has 0 spiro atoms. The van der Waals surface area contributed by atoms with Gasteiger partial charge in [-0.1, -0.05) is 28.9 Å². The summed E-state index contributed by atoms with van der Waals surface area (Å²) in [5.74, 6) is 1.33. The highest BCUT2D eigenvalue weighted by molar-refractivity contribution is 6.30. The maximum Gasteiger partial charge on any atom is 0.227 e. The summed E-state index contributed by atoms with van der Waals surface area (Å²) in [7, 11) is 2.09. The SMILES string of the molecule is CN1CC=C(c2noc(CCC(=O)N3CCN(c4cccc(Cl)c4)CC3)n2)CC1. The maximum absolute atomic E-state index is 12.6. The molecule has 0 atom stereocenters. The van der Waals surface area contributed by atoms with E-state index in [1.54, 1.807) is 0 Å². The Morgan fingerprint density at radius 1 is 1.21 bits per heavy atom. The summed E-state index contributed by atoms with van der Waals surface area (Å²) in [5.41, 5.74) is 2.23. The quantitative estimate of drug-likeness (QED) is 0.748. The van der Waals surface area contributed by atoms with Gasteiger partial charge in [-0.3, -0.25) is 4.79 Å². The van der Waals surface area contributed by atoms with Crippen LogP contribution in [0.25, 0.3) is 5.57 Å². The predicted octanol–water partition coefficient (Wildman–Crippen LogP) is 2.72. The number of amides is 1. The molecule has 4 rings (SSSR count). The molecule has 3 heterocycles. The number of likely N-dealkylation sites (N-methyl/N-ethyl adjacent to an activating group) is 1. The fourth-order valence-electron chi connectivity index (χ4n) is 3.72. The van der Waals surface area contributed by atoms with Gasteiger partial charge < -0.3 is 19.2 Å². The third kappa shape index (κ3) is 4.97. The van der Waals surface area contributed by atoms with E-state index in [1.807, 2.05) is 23.1 Å². The first-order valence-electron chi connectivity index (χ1n) is 10.1. The van der Waals surface area contributed by atoms with Gasteiger partial charge >= 0.3 is 0 Å². The second-order valence-corrected chi connectivity index (χ2v) is 8.04. The number of halogens is 1. The topological polar surface area (TPSA) is 65.7 Å². The largest absolute Gasteiger partial charge is 0.368 e. The number of rotatable bonds is 5. The molecule has 1 saturated heterocycles. The van der Waals surface area contributed by atoms with E-state index in [0.717, 1.165) is 48.9 Å². The molecule has 1 aromatic heterocycles. The number of aromatic nitrogens is 2.